The van der Waals surface area contributed by atoms with Gasteiger partial charge < -0.3 is 9.64 Å². The third-order valence-electron chi connectivity index (χ3n) is 3.82. The largest absolute Gasteiger partial charge is 0.497 e. The Kier molecular flexibility index (Phi) is 3.65. The van der Waals surface area contributed by atoms with E-state index in [9.17, 15) is 0 Å². The fraction of sp³-hybridized carbons (Fsp3) is 0.375. The summed E-state index contributed by atoms with van der Waals surface area (Å²) < 4.78 is 6.50. The zero-order chi connectivity index (χ0) is 13.2. The maximum Gasteiger partial charge on any atom is 0.119 e. The molecule has 1 saturated heterocycles. The van der Waals surface area contributed by atoms with Crippen molar-refractivity contribution in [2.75, 3.05) is 25.1 Å². The number of benzene rings is 2. The number of hydrogen-bond donors (Lipinski definition) is 0. The third kappa shape index (κ3) is 2.44. The number of halogens is 1. The molecule has 0 radical (unpaired) electrons. The predicted molar refractivity (Wildman–Crippen MR) is 84.3 cm³/mol. The summed E-state index contributed by atoms with van der Waals surface area (Å²) in [7, 11) is 1.71. The number of hydrogen-bond acceptors (Lipinski definition) is 2. The Bertz CT molecular complexity index is 591. The minimum Gasteiger partial charge on any atom is -0.497 e. The smallest absolute Gasteiger partial charge is 0.119 e. The summed E-state index contributed by atoms with van der Waals surface area (Å²) in [6.45, 7) is 2.31. The molecule has 0 unspecified atom stereocenters. The Morgan fingerprint density at radius 2 is 1.84 bits per heavy atom. The van der Waals surface area contributed by atoms with Crippen molar-refractivity contribution in [3.63, 3.8) is 0 Å². The molecule has 0 bridgehead atoms. The first-order valence-electron chi connectivity index (χ1n) is 6.81. The molecule has 19 heavy (non-hydrogen) atoms. The first-order chi connectivity index (χ1) is 9.29. The lowest BCUT2D eigenvalue weighted by Crippen LogP contribution is -2.29. The van der Waals surface area contributed by atoms with Gasteiger partial charge in [-0.05, 0) is 64.8 Å². The van der Waals surface area contributed by atoms with Crippen molar-refractivity contribution >= 4 is 32.4 Å². The van der Waals surface area contributed by atoms with Crippen LogP contribution in [-0.4, -0.2) is 20.2 Å². The summed E-state index contributed by atoms with van der Waals surface area (Å²) in [5.41, 5.74) is 1.33. The van der Waals surface area contributed by atoms with Gasteiger partial charge in [0.1, 0.15) is 5.75 Å². The average molecular weight is 320 g/mol. The van der Waals surface area contributed by atoms with E-state index >= 15 is 0 Å². The van der Waals surface area contributed by atoms with E-state index in [0.29, 0.717) is 0 Å². The van der Waals surface area contributed by atoms with Crippen molar-refractivity contribution < 1.29 is 4.74 Å². The number of ether oxygens (including phenoxy) is 1. The van der Waals surface area contributed by atoms with E-state index in [4.69, 9.17) is 4.74 Å². The molecular formula is C16H18BrNO. The Labute approximate surface area is 122 Å². The highest BCUT2D eigenvalue weighted by molar-refractivity contribution is 9.10. The number of nitrogens with zero attached hydrogens (tertiary/aromatic N) is 1. The molecule has 1 fully saturated rings. The van der Waals surface area contributed by atoms with Crippen molar-refractivity contribution in [3.8, 4) is 5.75 Å². The van der Waals surface area contributed by atoms with Gasteiger partial charge in [-0.25, -0.2) is 0 Å². The van der Waals surface area contributed by atoms with Crippen molar-refractivity contribution in [2.45, 2.75) is 19.3 Å². The number of methoxy groups -OCH3 is 1. The molecule has 0 saturated carbocycles. The predicted octanol–water partition coefficient (Wildman–Crippen LogP) is 4.60. The topological polar surface area (TPSA) is 12.5 Å². The molecule has 3 heteroatoms. The van der Waals surface area contributed by atoms with Gasteiger partial charge in [0.25, 0.3) is 0 Å². The maximum atomic E-state index is 5.31. The summed E-state index contributed by atoms with van der Waals surface area (Å²) in [5, 5.41) is 2.54. The molecule has 2 aromatic rings. The van der Waals surface area contributed by atoms with Gasteiger partial charge in [0.2, 0.25) is 0 Å². The Hall–Kier alpha value is -1.22. The summed E-state index contributed by atoms with van der Waals surface area (Å²) in [4.78, 5) is 2.50. The highest BCUT2D eigenvalue weighted by atomic mass is 79.9. The average Bonchev–Trinajstić information content (AvgIpc) is 2.47. The first kappa shape index (κ1) is 12.8. The Morgan fingerprint density at radius 3 is 2.58 bits per heavy atom. The summed E-state index contributed by atoms with van der Waals surface area (Å²) in [6.07, 6.45) is 3.94. The van der Waals surface area contributed by atoms with Gasteiger partial charge in [0.05, 0.1) is 12.8 Å². The lowest BCUT2D eigenvalue weighted by molar-refractivity contribution is 0.415. The van der Waals surface area contributed by atoms with E-state index in [-0.39, 0.29) is 0 Å². The molecular weight excluding hydrogens is 302 g/mol. The molecule has 0 aromatic heterocycles. The van der Waals surface area contributed by atoms with E-state index in [1.54, 1.807) is 7.11 Å². The van der Waals surface area contributed by atoms with E-state index in [0.717, 1.165) is 18.8 Å². The van der Waals surface area contributed by atoms with E-state index in [2.05, 4.69) is 45.1 Å². The van der Waals surface area contributed by atoms with Gasteiger partial charge in [-0.3, -0.25) is 0 Å². The molecule has 0 amide bonds. The van der Waals surface area contributed by atoms with Crippen LogP contribution in [0.2, 0.25) is 0 Å². The van der Waals surface area contributed by atoms with Crippen molar-refractivity contribution in [1.82, 2.24) is 0 Å². The third-order valence-corrected chi connectivity index (χ3v) is 4.46. The molecule has 0 N–H and O–H groups in total. The second-order valence-corrected chi connectivity index (χ2v) is 5.89. The van der Waals surface area contributed by atoms with E-state index in [1.165, 1.54) is 40.2 Å². The van der Waals surface area contributed by atoms with E-state index in [1.807, 2.05) is 6.07 Å². The monoisotopic (exact) mass is 319 g/mol. The van der Waals surface area contributed by atoms with Gasteiger partial charge >= 0.3 is 0 Å². The number of rotatable bonds is 2. The molecule has 2 nitrogen and oxygen atoms in total. The standard InChI is InChI=1S/C16H18BrNO/c1-19-13-6-7-14-12(11-13)5-8-15(17)16(14)18-9-3-2-4-10-18/h5-8,11H,2-4,9-10H2,1H3. The summed E-state index contributed by atoms with van der Waals surface area (Å²) in [5.74, 6) is 0.916. The molecule has 0 atom stereocenters. The quantitative estimate of drug-likeness (QED) is 0.802. The van der Waals surface area contributed by atoms with Crippen LogP contribution >= 0.6 is 15.9 Å². The Balaban J connectivity index is 2.13. The normalized spacial score (nSPS) is 15.8. The highest BCUT2D eigenvalue weighted by Crippen LogP contribution is 2.37. The SMILES string of the molecule is COc1ccc2c(N3CCCCC3)c(Br)ccc2c1. The zero-order valence-electron chi connectivity index (χ0n) is 11.2. The van der Waals surface area contributed by atoms with Gasteiger partial charge in [0.15, 0.2) is 0 Å². The molecule has 0 spiro atoms. The van der Waals surface area contributed by atoms with Gasteiger partial charge in [-0.1, -0.05) is 6.07 Å². The van der Waals surface area contributed by atoms with Crippen LogP contribution in [0.4, 0.5) is 5.69 Å². The van der Waals surface area contributed by atoms with Crippen LogP contribution in [0.1, 0.15) is 19.3 Å². The van der Waals surface area contributed by atoms with Crippen LogP contribution < -0.4 is 9.64 Å². The van der Waals surface area contributed by atoms with Crippen molar-refractivity contribution in [3.05, 3.63) is 34.8 Å². The minimum absolute atomic E-state index is 0.916. The number of anilines is 1. The van der Waals surface area contributed by atoms with Crippen LogP contribution in [0.25, 0.3) is 10.8 Å². The molecule has 1 aliphatic rings. The maximum absolute atomic E-state index is 5.31. The number of piperidine rings is 1. The molecule has 2 aromatic carbocycles. The van der Waals surface area contributed by atoms with Gasteiger partial charge in [0, 0.05) is 22.9 Å². The lowest BCUT2D eigenvalue weighted by atomic mass is 10.0. The fourth-order valence-corrected chi connectivity index (χ4v) is 3.43. The molecule has 3 rings (SSSR count). The molecule has 1 heterocycles. The van der Waals surface area contributed by atoms with Crippen molar-refractivity contribution in [1.29, 1.82) is 0 Å². The lowest BCUT2D eigenvalue weighted by Gasteiger charge is -2.30. The number of fused-ring (bicyclic) bond motifs is 1. The van der Waals surface area contributed by atoms with Crippen LogP contribution in [0.15, 0.2) is 34.8 Å². The van der Waals surface area contributed by atoms with Gasteiger partial charge in [-0.15, -0.1) is 0 Å². The minimum atomic E-state index is 0.916. The molecule has 100 valence electrons. The van der Waals surface area contributed by atoms with Crippen molar-refractivity contribution in [2.24, 2.45) is 0 Å². The van der Waals surface area contributed by atoms with Crippen LogP contribution in [-0.2, 0) is 0 Å². The second-order valence-electron chi connectivity index (χ2n) is 5.03. The van der Waals surface area contributed by atoms with Gasteiger partial charge in [-0.2, -0.15) is 0 Å². The second kappa shape index (κ2) is 5.41. The molecule has 1 aliphatic heterocycles. The van der Waals surface area contributed by atoms with E-state index < -0.39 is 0 Å². The first-order valence-corrected chi connectivity index (χ1v) is 7.60. The summed E-state index contributed by atoms with van der Waals surface area (Å²) in [6, 6.07) is 10.6. The highest BCUT2D eigenvalue weighted by Gasteiger charge is 2.16. The fourth-order valence-electron chi connectivity index (χ4n) is 2.83. The van der Waals surface area contributed by atoms with Crippen LogP contribution in [0.3, 0.4) is 0 Å². The Morgan fingerprint density at radius 1 is 1.05 bits per heavy atom. The zero-order valence-corrected chi connectivity index (χ0v) is 12.7. The summed E-state index contributed by atoms with van der Waals surface area (Å²) >= 11 is 3.72. The van der Waals surface area contributed by atoms with Crippen LogP contribution in [0.5, 0.6) is 5.75 Å². The van der Waals surface area contributed by atoms with Crippen LogP contribution in [0, 0.1) is 0 Å². The molecule has 0 aliphatic carbocycles.